The van der Waals surface area contributed by atoms with Crippen molar-refractivity contribution in [2.24, 2.45) is 0 Å². The van der Waals surface area contributed by atoms with Gasteiger partial charge in [-0.3, -0.25) is 14.5 Å². The topological polar surface area (TPSA) is 76.3 Å². The Bertz CT molecular complexity index is 799. The second kappa shape index (κ2) is 4.64. The monoisotopic (exact) mass is 357 g/mol. The molecule has 1 unspecified atom stereocenters. The highest BCUT2D eigenvalue weighted by Crippen LogP contribution is 2.41. The first-order valence-corrected chi connectivity index (χ1v) is 7.79. The average Bonchev–Trinajstić information content (AvgIpc) is 3.00. The summed E-state index contributed by atoms with van der Waals surface area (Å²) in [6.07, 6.45) is 1.40. The fourth-order valence-corrected chi connectivity index (χ4v) is 3.57. The Kier molecular flexibility index (Phi) is 2.84. The molecule has 1 aromatic carbocycles. The van der Waals surface area contributed by atoms with Gasteiger partial charge in [0.05, 0.1) is 21.6 Å². The third kappa shape index (κ3) is 1.73. The molecular formula is C16H12BrN3O2. The molecule has 1 atom stereocenters. The molecule has 5 nitrogen and oxygen atoms in total. The first-order chi connectivity index (χ1) is 10.6. The molecule has 0 spiro atoms. The predicted octanol–water partition coefficient (Wildman–Crippen LogP) is 2.71. The first kappa shape index (κ1) is 13.5. The standard InChI is InChI=1S/C16H12BrN3O2/c17-11-7-10-12(19-14(11)18)5-6-13(10)20-15(21)8-3-1-2-4-9(8)16(20)22/h1-4,7,13H,5-6H2,(H2,18,19). The van der Waals surface area contributed by atoms with Crippen molar-refractivity contribution in [2.45, 2.75) is 18.9 Å². The number of pyridine rings is 1. The molecule has 0 saturated carbocycles. The highest BCUT2D eigenvalue weighted by Gasteiger charge is 2.42. The molecule has 2 aliphatic rings. The fourth-order valence-electron chi connectivity index (χ4n) is 3.23. The lowest BCUT2D eigenvalue weighted by Crippen LogP contribution is -2.33. The quantitative estimate of drug-likeness (QED) is 0.796. The van der Waals surface area contributed by atoms with E-state index in [-0.39, 0.29) is 17.9 Å². The van der Waals surface area contributed by atoms with Crippen molar-refractivity contribution in [1.82, 2.24) is 9.88 Å². The van der Waals surface area contributed by atoms with Gasteiger partial charge >= 0.3 is 0 Å². The van der Waals surface area contributed by atoms with Crippen LogP contribution in [-0.4, -0.2) is 21.7 Å². The molecule has 2 N–H and O–H groups in total. The number of benzene rings is 1. The van der Waals surface area contributed by atoms with Crippen molar-refractivity contribution in [3.8, 4) is 0 Å². The molecule has 2 aromatic rings. The van der Waals surface area contributed by atoms with Gasteiger partial charge in [-0.05, 0) is 52.5 Å². The van der Waals surface area contributed by atoms with Crippen LogP contribution in [0.2, 0.25) is 0 Å². The molecule has 0 fully saturated rings. The lowest BCUT2D eigenvalue weighted by molar-refractivity contribution is 0.0582. The van der Waals surface area contributed by atoms with Gasteiger partial charge in [-0.25, -0.2) is 4.98 Å². The smallest absolute Gasteiger partial charge is 0.262 e. The van der Waals surface area contributed by atoms with E-state index in [0.29, 0.717) is 34.3 Å². The van der Waals surface area contributed by atoms with Gasteiger partial charge < -0.3 is 5.73 Å². The van der Waals surface area contributed by atoms with E-state index in [4.69, 9.17) is 5.73 Å². The van der Waals surface area contributed by atoms with Crippen LogP contribution in [0.5, 0.6) is 0 Å². The summed E-state index contributed by atoms with van der Waals surface area (Å²) in [7, 11) is 0. The zero-order valence-corrected chi connectivity index (χ0v) is 13.1. The van der Waals surface area contributed by atoms with Crippen LogP contribution in [0.1, 0.15) is 44.4 Å². The second-order valence-electron chi connectivity index (χ2n) is 5.47. The Morgan fingerprint density at radius 2 is 1.82 bits per heavy atom. The summed E-state index contributed by atoms with van der Waals surface area (Å²) in [4.78, 5) is 30.9. The van der Waals surface area contributed by atoms with Crippen LogP contribution < -0.4 is 5.73 Å². The summed E-state index contributed by atoms with van der Waals surface area (Å²) in [6.45, 7) is 0. The van der Waals surface area contributed by atoms with Crippen LogP contribution in [0.15, 0.2) is 34.8 Å². The Morgan fingerprint density at radius 1 is 1.18 bits per heavy atom. The normalized spacial score (nSPS) is 19.5. The van der Waals surface area contributed by atoms with Gasteiger partial charge in [-0.2, -0.15) is 0 Å². The number of nitrogens with zero attached hydrogens (tertiary/aromatic N) is 2. The number of imide groups is 1. The number of rotatable bonds is 1. The maximum atomic E-state index is 12.6. The van der Waals surface area contributed by atoms with Gasteiger partial charge in [0.2, 0.25) is 0 Å². The number of fused-ring (bicyclic) bond motifs is 2. The highest BCUT2D eigenvalue weighted by atomic mass is 79.9. The number of anilines is 1. The predicted molar refractivity (Wildman–Crippen MR) is 84.4 cm³/mol. The van der Waals surface area contributed by atoms with Crippen LogP contribution >= 0.6 is 15.9 Å². The molecular weight excluding hydrogens is 346 g/mol. The van der Waals surface area contributed by atoms with Crippen LogP contribution in [0.4, 0.5) is 5.82 Å². The van der Waals surface area contributed by atoms with Crippen molar-refractivity contribution < 1.29 is 9.59 Å². The van der Waals surface area contributed by atoms with Crippen molar-refractivity contribution >= 4 is 33.6 Å². The lowest BCUT2D eigenvalue weighted by Gasteiger charge is -2.23. The maximum Gasteiger partial charge on any atom is 0.262 e. The summed E-state index contributed by atoms with van der Waals surface area (Å²) in [6, 6.07) is 8.54. The molecule has 22 heavy (non-hydrogen) atoms. The largest absolute Gasteiger partial charge is 0.383 e. The minimum atomic E-state index is -0.271. The summed E-state index contributed by atoms with van der Waals surface area (Å²) in [5.41, 5.74) is 8.52. The number of aryl methyl sites for hydroxylation is 1. The molecule has 2 amide bonds. The van der Waals surface area contributed by atoms with Crippen LogP contribution in [0.3, 0.4) is 0 Å². The molecule has 1 aliphatic heterocycles. The lowest BCUT2D eigenvalue weighted by atomic mass is 10.1. The van der Waals surface area contributed by atoms with Gasteiger partial charge in [-0.1, -0.05) is 12.1 Å². The first-order valence-electron chi connectivity index (χ1n) is 6.99. The summed E-state index contributed by atoms with van der Waals surface area (Å²) >= 11 is 3.37. The highest BCUT2D eigenvalue weighted by molar-refractivity contribution is 9.10. The fraction of sp³-hybridized carbons (Fsp3) is 0.188. The summed E-state index contributed by atoms with van der Waals surface area (Å²) in [5.74, 6) is -0.0282. The van der Waals surface area contributed by atoms with Crippen molar-refractivity contribution in [3.05, 3.63) is 57.2 Å². The summed E-state index contributed by atoms with van der Waals surface area (Å²) in [5, 5.41) is 0. The number of aromatic nitrogens is 1. The third-order valence-electron chi connectivity index (χ3n) is 4.27. The minimum absolute atomic E-state index is 0.230. The number of hydrogen-bond donors (Lipinski definition) is 1. The van der Waals surface area contributed by atoms with E-state index in [9.17, 15) is 9.59 Å². The molecule has 1 aromatic heterocycles. The van der Waals surface area contributed by atoms with E-state index in [2.05, 4.69) is 20.9 Å². The van der Waals surface area contributed by atoms with Crippen molar-refractivity contribution in [1.29, 1.82) is 0 Å². The number of amides is 2. The Morgan fingerprint density at radius 3 is 2.45 bits per heavy atom. The molecule has 0 saturated heterocycles. The van der Waals surface area contributed by atoms with E-state index in [1.165, 1.54) is 4.90 Å². The Labute approximate surface area is 135 Å². The number of halogens is 1. The van der Waals surface area contributed by atoms with Crippen molar-refractivity contribution in [2.75, 3.05) is 5.73 Å². The molecule has 6 heteroatoms. The van der Waals surface area contributed by atoms with E-state index < -0.39 is 0 Å². The number of nitrogen functional groups attached to an aromatic ring is 1. The summed E-state index contributed by atoms with van der Waals surface area (Å²) < 4.78 is 0.690. The van der Waals surface area contributed by atoms with E-state index in [1.807, 2.05) is 6.07 Å². The van der Waals surface area contributed by atoms with Gasteiger partial charge in [0.25, 0.3) is 11.8 Å². The number of carbonyl (C=O) groups excluding carboxylic acids is 2. The van der Waals surface area contributed by atoms with Crippen LogP contribution in [-0.2, 0) is 6.42 Å². The van der Waals surface area contributed by atoms with Gasteiger partial charge in [0.15, 0.2) is 0 Å². The molecule has 110 valence electrons. The Hall–Kier alpha value is -2.21. The Balaban J connectivity index is 1.79. The van der Waals surface area contributed by atoms with Crippen LogP contribution in [0, 0.1) is 0 Å². The van der Waals surface area contributed by atoms with Gasteiger partial charge in [0.1, 0.15) is 5.82 Å². The second-order valence-corrected chi connectivity index (χ2v) is 6.33. The van der Waals surface area contributed by atoms with Gasteiger partial charge in [0, 0.05) is 5.69 Å². The van der Waals surface area contributed by atoms with Crippen LogP contribution in [0.25, 0.3) is 0 Å². The maximum absolute atomic E-state index is 12.6. The molecule has 0 bridgehead atoms. The van der Waals surface area contributed by atoms with E-state index in [0.717, 1.165) is 11.3 Å². The number of hydrogen-bond acceptors (Lipinski definition) is 4. The molecule has 0 radical (unpaired) electrons. The van der Waals surface area contributed by atoms with E-state index >= 15 is 0 Å². The minimum Gasteiger partial charge on any atom is -0.383 e. The molecule has 1 aliphatic carbocycles. The van der Waals surface area contributed by atoms with Gasteiger partial charge in [-0.15, -0.1) is 0 Å². The molecule has 2 heterocycles. The zero-order valence-electron chi connectivity index (χ0n) is 11.5. The van der Waals surface area contributed by atoms with Crippen molar-refractivity contribution in [3.63, 3.8) is 0 Å². The molecule has 4 rings (SSSR count). The SMILES string of the molecule is Nc1nc2c(cc1Br)C(N1C(=O)c3ccccc3C1=O)CC2. The number of carbonyl (C=O) groups is 2. The average molecular weight is 358 g/mol. The zero-order chi connectivity index (χ0) is 15.4. The third-order valence-corrected chi connectivity index (χ3v) is 4.90. The van der Waals surface area contributed by atoms with E-state index in [1.54, 1.807) is 24.3 Å². The number of nitrogens with two attached hydrogens (primary N) is 1.